The third kappa shape index (κ3) is 1.95. The van der Waals surface area contributed by atoms with Crippen LogP contribution in [0.15, 0.2) is 4.42 Å². The Bertz CT molecular complexity index is 649. The highest BCUT2D eigenvalue weighted by Gasteiger charge is 2.43. The number of carbonyl (C=O) groups is 2. The highest BCUT2D eigenvalue weighted by Crippen LogP contribution is 2.38. The fourth-order valence-electron chi connectivity index (χ4n) is 4.47. The smallest absolute Gasteiger partial charge is 0.289 e. The average molecular weight is 302 g/mol. The van der Waals surface area contributed by atoms with Gasteiger partial charge in [-0.2, -0.15) is 0 Å². The summed E-state index contributed by atoms with van der Waals surface area (Å²) in [5.41, 5.74) is 7.53. The van der Waals surface area contributed by atoms with Crippen LogP contribution in [0, 0.1) is 18.8 Å². The predicted octanol–water partition coefficient (Wildman–Crippen LogP) is 1.92. The lowest BCUT2D eigenvalue weighted by molar-refractivity contribution is 0.0744. The van der Waals surface area contributed by atoms with Crippen molar-refractivity contribution < 1.29 is 14.0 Å². The first-order valence-corrected chi connectivity index (χ1v) is 8.26. The molecule has 5 nitrogen and oxygen atoms in total. The van der Waals surface area contributed by atoms with Crippen molar-refractivity contribution in [3.63, 3.8) is 0 Å². The Balaban J connectivity index is 1.61. The number of hydrogen-bond donors (Lipinski definition) is 1. The fourth-order valence-corrected chi connectivity index (χ4v) is 4.47. The number of carbonyl (C=O) groups excluding carboxylic acids is 2. The van der Waals surface area contributed by atoms with Crippen LogP contribution in [-0.4, -0.2) is 35.7 Å². The number of fused-ring (bicyclic) bond motifs is 2. The maximum absolute atomic E-state index is 12.8. The highest BCUT2D eigenvalue weighted by molar-refractivity contribution is 6.03. The molecule has 0 bridgehead atoms. The minimum Gasteiger partial charge on any atom is -0.455 e. The lowest BCUT2D eigenvalue weighted by Crippen LogP contribution is -2.33. The van der Waals surface area contributed by atoms with Gasteiger partial charge >= 0.3 is 0 Å². The standard InChI is InChI=1S/C17H22N2O3/c1-9-15-13(20)3-2-4-14(15)22-16(9)17(21)19-7-10-5-6-12(18)11(10)8-19/h10-12H,2-8,18H2,1H3. The summed E-state index contributed by atoms with van der Waals surface area (Å²) in [5, 5.41) is 0. The van der Waals surface area contributed by atoms with E-state index in [1.165, 1.54) is 0 Å². The van der Waals surface area contributed by atoms with Crippen LogP contribution in [0.4, 0.5) is 0 Å². The Hall–Kier alpha value is -1.62. The number of nitrogens with two attached hydrogens (primary N) is 1. The molecular formula is C17H22N2O3. The van der Waals surface area contributed by atoms with Crippen LogP contribution < -0.4 is 5.73 Å². The van der Waals surface area contributed by atoms with Crippen molar-refractivity contribution in [2.24, 2.45) is 17.6 Å². The van der Waals surface area contributed by atoms with Crippen molar-refractivity contribution >= 4 is 11.7 Å². The summed E-state index contributed by atoms with van der Waals surface area (Å²) in [5.74, 6) is 2.08. The molecule has 4 rings (SSSR count). The van der Waals surface area contributed by atoms with E-state index in [2.05, 4.69) is 0 Å². The molecule has 0 radical (unpaired) electrons. The zero-order valence-corrected chi connectivity index (χ0v) is 12.9. The number of rotatable bonds is 1. The summed E-state index contributed by atoms with van der Waals surface area (Å²) >= 11 is 0. The van der Waals surface area contributed by atoms with E-state index in [0.717, 1.165) is 44.3 Å². The van der Waals surface area contributed by atoms with Crippen LogP contribution in [0.3, 0.4) is 0 Å². The largest absolute Gasteiger partial charge is 0.455 e. The Morgan fingerprint density at radius 1 is 1.27 bits per heavy atom. The topological polar surface area (TPSA) is 76.5 Å². The molecule has 2 heterocycles. The summed E-state index contributed by atoms with van der Waals surface area (Å²) < 4.78 is 5.79. The minimum atomic E-state index is -0.0682. The number of hydrogen-bond acceptors (Lipinski definition) is 4. The van der Waals surface area contributed by atoms with Gasteiger partial charge in [0.1, 0.15) is 5.76 Å². The molecule has 3 unspecified atom stereocenters. The number of Topliss-reactive ketones (excluding diaryl/α,β-unsaturated/α-hetero) is 1. The van der Waals surface area contributed by atoms with Gasteiger partial charge in [-0.3, -0.25) is 9.59 Å². The van der Waals surface area contributed by atoms with Gasteiger partial charge in [0.05, 0.1) is 5.56 Å². The Kier molecular flexibility index (Phi) is 3.15. The van der Waals surface area contributed by atoms with Crippen LogP contribution in [0.25, 0.3) is 0 Å². The van der Waals surface area contributed by atoms with E-state index in [1.807, 2.05) is 11.8 Å². The van der Waals surface area contributed by atoms with Gasteiger partial charge < -0.3 is 15.1 Å². The first kappa shape index (κ1) is 14.0. The second-order valence-corrected chi connectivity index (χ2v) is 7.01. The summed E-state index contributed by atoms with van der Waals surface area (Å²) in [7, 11) is 0. The van der Waals surface area contributed by atoms with E-state index >= 15 is 0 Å². The molecule has 5 heteroatoms. The Morgan fingerprint density at radius 2 is 2.09 bits per heavy atom. The second-order valence-electron chi connectivity index (χ2n) is 7.01. The lowest BCUT2D eigenvalue weighted by atomic mass is 9.94. The van der Waals surface area contributed by atoms with Crippen LogP contribution in [0.5, 0.6) is 0 Å². The summed E-state index contributed by atoms with van der Waals surface area (Å²) in [6, 6.07) is 0.218. The number of furan rings is 1. The van der Waals surface area contributed by atoms with Crippen molar-refractivity contribution in [1.82, 2.24) is 4.90 Å². The number of amides is 1. The molecule has 118 valence electrons. The van der Waals surface area contributed by atoms with E-state index in [4.69, 9.17) is 10.2 Å². The zero-order valence-electron chi connectivity index (χ0n) is 12.9. The van der Waals surface area contributed by atoms with Crippen LogP contribution in [-0.2, 0) is 6.42 Å². The van der Waals surface area contributed by atoms with Crippen molar-refractivity contribution in [2.45, 2.75) is 45.1 Å². The first-order chi connectivity index (χ1) is 10.6. The minimum absolute atomic E-state index is 0.0682. The third-order valence-electron chi connectivity index (χ3n) is 5.70. The zero-order chi connectivity index (χ0) is 15.4. The average Bonchev–Trinajstić information content (AvgIpc) is 3.15. The molecule has 1 saturated carbocycles. The van der Waals surface area contributed by atoms with Gasteiger partial charge in [-0.25, -0.2) is 0 Å². The van der Waals surface area contributed by atoms with Gasteiger partial charge in [0.2, 0.25) is 0 Å². The van der Waals surface area contributed by atoms with Gasteiger partial charge in [-0.1, -0.05) is 0 Å². The maximum Gasteiger partial charge on any atom is 0.289 e. The van der Waals surface area contributed by atoms with E-state index in [9.17, 15) is 9.59 Å². The molecule has 2 fully saturated rings. The second kappa shape index (κ2) is 4.95. The molecule has 3 aliphatic rings. The number of ketones is 1. The molecule has 0 aromatic carbocycles. The highest BCUT2D eigenvalue weighted by atomic mass is 16.4. The van der Waals surface area contributed by atoms with Crippen LogP contribution in [0.2, 0.25) is 0 Å². The van der Waals surface area contributed by atoms with Crippen molar-refractivity contribution in [3.8, 4) is 0 Å². The summed E-state index contributed by atoms with van der Waals surface area (Å²) in [6.45, 7) is 3.33. The molecule has 1 aromatic heterocycles. The van der Waals surface area contributed by atoms with E-state index < -0.39 is 0 Å². The van der Waals surface area contributed by atoms with Gasteiger partial charge in [0.15, 0.2) is 11.5 Å². The maximum atomic E-state index is 12.8. The molecular weight excluding hydrogens is 280 g/mol. The first-order valence-electron chi connectivity index (χ1n) is 8.26. The van der Waals surface area contributed by atoms with Crippen molar-refractivity contribution in [3.05, 3.63) is 22.6 Å². The van der Waals surface area contributed by atoms with Gasteiger partial charge in [0.25, 0.3) is 5.91 Å². The third-order valence-corrected chi connectivity index (χ3v) is 5.70. The molecule has 0 spiro atoms. The molecule has 1 saturated heterocycles. The summed E-state index contributed by atoms with van der Waals surface area (Å²) in [4.78, 5) is 26.7. The van der Waals surface area contributed by atoms with Crippen molar-refractivity contribution in [1.29, 1.82) is 0 Å². The van der Waals surface area contributed by atoms with E-state index in [0.29, 0.717) is 35.3 Å². The van der Waals surface area contributed by atoms with Crippen LogP contribution in [0.1, 0.15) is 57.9 Å². The normalized spacial score (nSPS) is 30.5. The number of nitrogens with zero attached hydrogens (tertiary/aromatic N) is 1. The SMILES string of the molecule is Cc1c(C(=O)N2CC3CCC(N)C3C2)oc2c1C(=O)CCC2. The van der Waals surface area contributed by atoms with E-state index in [-0.39, 0.29) is 17.7 Å². The predicted molar refractivity (Wildman–Crippen MR) is 80.8 cm³/mol. The molecule has 3 atom stereocenters. The van der Waals surface area contributed by atoms with Gasteiger partial charge in [-0.15, -0.1) is 0 Å². The molecule has 1 aromatic rings. The molecule has 2 N–H and O–H groups in total. The number of aryl methyl sites for hydroxylation is 1. The quantitative estimate of drug-likeness (QED) is 0.860. The lowest BCUT2D eigenvalue weighted by Gasteiger charge is -2.17. The van der Waals surface area contributed by atoms with Gasteiger partial charge in [-0.05, 0) is 38.0 Å². The van der Waals surface area contributed by atoms with Crippen molar-refractivity contribution in [2.75, 3.05) is 13.1 Å². The Morgan fingerprint density at radius 3 is 2.82 bits per heavy atom. The van der Waals surface area contributed by atoms with E-state index in [1.54, 1.807) is 0 Å². The molecule has 2 aliphatic carbocycles. The number of likely N-dealkylation sites (tertiary alicyclic amines) is 1. The van der Waals surface area contributed by atoms with Gasteiger partial charge in [0, 0.05) is 37.5 Å². The van der Waals surface area contributed by atoms with Crippen LogP contribution >= 0.6 is 0 Å². The molecule has 22 heavy (non-hydrogen) atoms. The molecule has 1 aliphatic heterocycles. The monoisotopic (exact) mass is 302 g/mol. The summed E-state index contributed by atoms with van der Waals surface area (Å²) in [6.07, 6.45) is 4.31. The fraction of sp³-hybridized carbons (Fsp3) is 0.647. The Labute approximate surface area is 129 Å². The molecule has 1 amide bonds.